The Morgan fingerprint density at radius 2 is 2.36 bits per heavy atom. The molecule has 1 rings (SSSR count). The topological polar surface area (TPSA) is 51.6 Å². The summed E-state index contributed by atoms with van der Waals surface area (Å²) in [5.41, 5.74) is 0.150. The van der Waals surface area contributed by atoms with Crippen LogP contribution < -0.4 is 4.74 Å². The Morgan fingerprint density at radius 3 is 2.91 bits per heavy atom. The van der Waals surface area contributed by atoms with Crippen molar-refractivity contribution >= 4 is 17.3 Å². The summed E-state index contributed by atoms with van der Waals surface area (Å²) in [7, 11) is 1.40. The fraction of sp³-hybridized carbons (Fsp3) is 0.167. The molecular formula is C6H5ClN2O2. The summed E-state index contributed by atoms with van der Waals surface area (Å²) in [4.78, 5) is 13.8. The molecule has 0 unspecified atom stereocenters. The summed E-state index contributed by atoms with van der Waals surface area (Å²) in [6.45, 7) is 0. The number of ether oxygens (including phenoxy) is 1. The second-order valence-corrected chi connectivity index (χ2v) is 2.14. The molecule has 0 radical (unpaired) electrons. The summed E-state index contributed by atoms with van der Waals surface area (Å²) in [6, 6.07) is 2.92. The largest absolute Gasteiger partial charge is 0.479 e. The molecule has 4 nitrogen and oxygen atoms in total. The fourth-order valence-electron chi connectivity index (χ4n) is 0.630. The average molecular weight is 173 g/mol. The number of hydrogen-bond acceptors (Lipinski definition) is 4. The normalized spacial score (nSPS) is 9.27. The van der Waals surface area contributed by atoms with Crippen LogP contribution in [-0.4, -0.2) is 12.1 Å². The third-order valence-electron chi connectivity index (χ3n) is 1.10. The number of pyridine rings is 1. The third-order valence-corrected chi connectivity index (χ3v) is 1.31. The Kier molecular flexibility index (Phi) is 2.38. The minimum absolute atomic E-state index is 0.146. The maximum absolute atomic E-state index is 10.1. The van der Waals surface area contributed by atoms with Gasteiger partial charge in [-0.1, -0.05) is 11.6 Å². The predicted octanol–water partition coefficient (Wildman–Crippen LogP) is 2.14. The van der Waals surface area contributed by atoms with Gasteiger partial charge in [-0.3, -0.25) is 0 Å². The van der Waals surface area contributed by atoms with Crippen LogP contribution >= 0.6 is 11.6 Å². The maximum Gasteiger partial charge on any atom is 0.244 e. The van der Waals surface area contributed by atoms with Crippen LogP contribution in [0.5, 0.6) is 5.88 Å². The molecule has 0 aliphatic carbocycles. The monoisotopic (exact) mass is 172 g/mol. The molecule has 1 aromatic rings. The summed E-state index contributed by atoms with van der Waals surface area (Å²) in [5.74, 6) is 0.146. The molecule has 0 aliphatic heterocycles. The molecule has 0 saturated carbocycles. The van der Waals surface area contributed by atoms with Gasteiger partial charge in [0, 0.05) is 0 Å². The molecule has 0 bridgehead atoms. The van der Waals surface area contributed by atoms with Crippen LogP contribution in [0.15, 0.2) is 17.3 Å². The van der Waals surface area contributed by atoms with Gasteiger partial charge in [0.15, 0.2) is 5.69 Å². The van der Waals surface area contributed by atoms with Crippen LogP contribution in [0.1, 0.15) is 0 Å². The molecule has 0 atom stereocenters. The van der Waals surface area contributed by atoms with E-state index >= 15 is 0 Å². The molecule has 0 N–H and O–H groups in total. The van der Waals surface area contributed by atoms with Crippen molar-refractivity contribution in [3.8, 4) is 5.88 Å². The molecule has 58 valence electrons. The van der Waals surface area contributed by atoms with Gasteiger partial charge in [-0.15, -0.1) is 4.91 Å². The molecule has 0 fully saturated rings. The Labute approximate surface area is 68.1 Å². The molecule has 1 aromatic heterocycles. The average Bonchev–Trinajstić information content (AvgIpc) is 2.04. The van der Waals surface area contributed by atoms with E-state index in [9.17, 15) is 4.91 Å². The van der Waals surface area contributed by atoms with Gasteiger partial charge in [-0.2, -0.15) is 4.98 Å². The first kappa shape index (κ1) is 7.94. The zero-order chi connectivity index (χ0) is 8.27. The molecule has 1 heterocycles. The predicted molar refractivity (Wildman–Crippen MR) is 41.3 cm³/mol. The van der Waals surface area contributed by atoms with Crippen LogP contribution in [-0.2, 0) is 0 Å². The van der Waals surface area contributed by atoms with Crippen molar-refractivity contribution in [2.45, 2.75) is 0 Å². The van der Waals surface area contributed by atoms with Crippen LogP contribution in [0, 0.1) is 4.91 Å². The Bertz CT molecular complexity index is 277. The van der Waals surface area contributed by atoms with Gasteiger partial charge in [-0.05, 0) is 17.3 Å². The Balaban J connectivity index is 3.16. The number of methoxy groups -OCH3 is 1. The van der Waals surface area contributed by atoms with E-state index in [0.29, 0.717) is 0 Å². The summed E-state index contributed by atoms with van der Waals surface area (Å²) >= 11 is 5.52. The zero-order valence-corrected chi connectivity index (χ0v) is 6.50. The van der Waals surface area contributed by atoms with Gasteiger partial charge >= 0.3 is 0 Å². The minimum Gasteiger partial charge on any atom is -0.479 e. The number of halogens is 1. The highest BCUT2D eigenvalue weighted by Crippen LogP contribution is 2.25. The van der Waals surface area contributed by atoms with Crippen LogP contribution in [0.4, 0.5) is 5.69 Å². The number of hydrogen-bond donors (Lipinski definition) is 0. The van der Waals surface area contributed by atoms with Gasteiger partial charge in [0.2, 0.25) is 5.88 Å². The fourth-order valence-corrected chi connectivity index (χ4v) is 0.770. The third kappa shape index (κ3) is 1.65. The van der Waals surface area contributed by atoms with Crippen LogP contribution in [0.3, 0.4) is 0 Å². The van der Waals surface area contributed by atoms with E-state index in [2.05, 4.69) is 10.2 Å². The minimum atomic E-state index is 0.146. The highest BCUT2D eigenvalue weighted by atomic mass is 35.5. The second-order valence-electron chi connectivity index (χ2n) is 1.75. The summed E-state index contributed by atoms with van der Waals surface area (Å²) < 4.78 is 4.73. The van der Waals surface area contributed by atoms with Crippen molar-refractivity contribution in [3.05, 3.63) is 22.2 Å². The van der Waals surface area contributed by atoms with Crippen molar-refractivity contribution in [1.82, 2.24) is 4.98 Å². The lowest BCUT2D eigenvalue weighted by Gasteiger charge is -1.99. The second kappa shape index (κ2) is 3.30. The first-order valence-corrected chi connectivity index (χ1v) is 3.19. The van der Waals surface area contributed by atoms with E-state index in [0.717, 1.165) is 0 Å². The van der Waals surface area contributed by atoms with Crippen LogP contribution in [0.25, 0.3) is 0 Å². The van der Waals surface area contributed by atoms with Gasteiger partial charge in [0.05, 0.1) is 7.11 Å². The van der Waals surface area contributed by atoms with Crippen LogP contribution in [0.2, 0.25) is 5.15 Å². The SMILES string of the molecule is COc1nc(Cl)ccc1N=O. The first-order valence-electron chi connectivity index (χ1n) is 2.82. The Morgan fingerprint density at radius 1 is 1.64 bits per heavy atom. The van der Waals surface area contributed by atoms with Crippen molar-refractivity contribution in [2.24, 2.45) is 5.18 Å². The lowest BCUT2D eigenvalue weighted by molar-refractivity contribution is 0.399. The van der Waals surface area contributed by atoms with E-state index in [-0.39, 0.29) is 16.7 Å². The zero-order valence-electron chi connectivity index (χ0n) is 5.74. The maximum atomic E-state index is 10.1. The lowest BCUT2D eigenvalue weighted by Crippen LogP contribution is -1.87. The van der Waals surface area contributed by atoms with Gasteiger partial charge in [0.1, 0.15) is 5.15 Å². The van der Waals surface area contributed by atoms with E-state index in [1.165, 1.54) is 19.2 Å². The van der Waals surface area contributed by atoms with Crippen molar-refractivity contribution in [1.29, 1.82) is 0 Å². The number of nitroso groups, excluding NO2 is 1. The summed E-state index contributed by atoms with van der Waals surface area (Å²) in [6.07, 6.45) is 0. The molecule has 0 spiro atoms. The number of aromatic nitrogens is 1. The molecule has 0 amide bonds. The summed E-state index contributed by atoms with van der Waals surface area (Å²) in [5, 5.41) is 2.96. The van der Waals surface area contributed by atoms with E-state index in [4.69, 9.17) is 16.3 Å². The van der Waals surface area contributed by atoms with Crippen molar-refractivity contribution in [3.63, 3.8) is 0 Å². The first-order chi connectivity index (χ1) is 5.27. The van der Waals surface area contributed by atoms with Crippen molar-refractivity contribution < 1.29 is 4.74 Å². The molecular weight excluding hydrogens is 168 g/mol. The smallest absolute Gasteiger partial charge is 0.244 e. The van der Waals surface area contributed by atoms with Gasteiger partial charge in [0.25, 0.3) is 0 Å². The molecule has 0 saturated heterocycles. The highest BCUT2D eigenvalue weighted by Gasteiger charge is 2.04. The van der Waals surface area contributed by atoms with Gasteiger partial charge < -0.3 is 4.74 Å². The highest BCUT2D eigenvalue weighted by molar-refractivity contribution is 6.29. The van der Waals surface area contributed by atoms with Crippen molar-refractivity contribution in [2.75, 3.05) is 7.11 Å². The molecule has 5 heteroatoms. The Hall–Kier alpha value is -1.16. The van der Waals surface area contributed by atoms with Gasteiger partial charge in [-0.25, -0.2) is 0 Å². The molecule has 11 heavy (non-hydrogen) atoms. The number of nitrogens with zero attached hydrogens (tertiary/aromatic N) is 2. The lowest BCUT2D eigenvalue weighted by atomic mass is 10.4. The standard InChI is InChI=1S/C6H5ClN2O2/c1-11-6-4(9-10)2-3-5(7)8-6/h2-3H,1H3. The quantitative estimate of drug-likeness (QED) is 0.507. The van der Waals surface area contributed by atoms with E-state index in [1.54, 1.807) is 0 Å². The van der Waals surface area contributed by atoms with E-state index in [1.807, 2.05) is 0 Å². The number of rotatable bonds is 2. The molecule has 0 aliphatic rings. The molecule has 0 aromatic carbocycles. The van der Waals surface area contributed by atoms with E-state index < -0.39 is 0 Å².